The number of nitriles is 1. The maximum Gasteiger partial charge on any atom is 0.144 e. The molecule has 0 aromatic carbocycles. The summed E-state index contributed by atoms with van der Waals surface area (Å²) < 4.78 is 4.96. The fraction of sp³-hybridized carbons (Fsp3) is 0.714. The van der Waals surface area contributed by atoms with Crippen LogP contribution in [0.2, 0.25) is 0 Å². The predicted octanol–water partition coefficient (Wildman–Crippen LogP) is 1.53. The van der Waals surface area contributed by atoms with Gasteiger partial charge in [0.25, 0.3) is 0 Å². The highest BCUT2D eigenvalue weighted by atomic mass is 16.5. The van der Waals surface area contributed by atoms with E-state index in [2.05, 4.69) is 13.8 Å². The van der Waals surface area contributed by atoms with Crippen molar-refractivity contribution in [3.05, 3.63) is 6.92 Å². The van der Waals surface area contributed by atoms with Crippen LogP contribution < -0.4 is 0 Å². The molecule has 0 aromatic heterocycles. The Bertz CT molecular complexity index is 95.6. The van der Waals surface area contributed by atoms with Gasteiger partial charge in [0, 0.05) is 6.61 Å². The summed E-state index contributed by atoms with van der Waals surface area (Å²) in [6.07, 6.45) is 1.61. The van der Waals surface area contributed by atoms with Gasteiger partial charge < -0.3 is 4.74 Å². The molecular formula is C7H12NO. The first-order chi connectivity index (χ1) is 4.31. The Morgan fingerprint density at radius 3 is 2.89 bits per heavy atom. The molecule has 0 heterocycles. The van der Waals surface area contributed by atoms with Crippen LogP contribution in [-0.4, -0.2) is 12.7 Å². The van der Waals surface area contributed by atoms with Crippen LogP contribution in [0.4, 0.5) is 0 Å². The summed E-state index contributed by atoms with van der Waals surface area (Å²) >= 11 is 0. The predicted molar refractivity (Wildman–Crippen MR) is 35.6 cm³/mol. The highest BCUT2D eigenvalue weighted by Gasteiger charge is 1.95. The maximum absolute atomic E-state index is 8.20. The summed E-state index contributed by atoms with van der Waals surface area (Å²) in [5.41, 5.74) is 0. The third-order valence-electron chi connectivity index (χ3n) is 0.961. The highest BCUT2D eigenvalue weighted by Crippen LogP contribution is 1.91. The lowest BCUT2D eigenvalue weighted by Crippen LogP contribution is -2.05. The van der Waals surface area contributed by atoms with Gasteiger partial charge in [-0.05, 0) is 13.3 Å². The summed E-state index contributed by atoms with van der Waals surface area (Å²) in [5, 5.41) is 8.20. The monoisotopic (exact) mass is 126 g/mol. The second kappa shape index (κ2) is 5.58. The minimum atomic E-state index is -0.489. The lowest BCUT2D eigenvalue weighted by Gasteiger charge is -2.01. The van der Waals surface area contributed by atoms with Crippen molar-refractivity contribution in [2.45, 2.75) is 25.9 Å². The van der Waals surface area contributed by atoms with Crippen molar-refractivity contribution in [3.63, 3.8) is 0 Å². The summed E-state index contributed by atoms with van der Waals surface area (Å²) in [4.78, 5) is 0. The van der Waals surface area contributed by atoms with Crippen LogP contribution >= 0.6 is 0 Å². The molecule has 0 aromatic rings. The average molecular weight is 126 g/mol. The molecular weight excluding hydrogens is 114 g/mol. The SMILES string of the molecule is [CH2]C(C#N)OCCCC. The number of nitrogens with zero attached hydrogens (tertiary/aromatic N) is 1. The summed E-state index contributed by atoms with van der Waals surface area (Å²) in [6.45, 7) is 6.17. The lowest BCUT2D eigenvalue weighted by atomic mass is 10.3. The highest BCUT2D eigenvalue weighted by molar-refractivity contribution is 4.85. The minimum absolute atomic E-state index is 0.489. The molecule has 0 amide bonds. The molecule has 0 aliphatic heterocycles. The van der Waals surface area contributed by atoms with Gasteiger partial charge in [0.15, 0.2) is 0 Å². The van der Waals surface area contributed by atoms with Gasteiger partial charge in [-0.25, -0.2) is 0 Å². The van der Waals surface area contributed by atoms with Crippen LogP contribution in [0.5, 0.6) is 0 Å². The third kappa shape index (κ3) is 5.32. The summed E-state index contributed by atoms with van der Waals surface area (Å²) in [6, 6.07) is 1.89. The molecule has 0 spiro atoms. The van der Waals surface area contributed by atoms with Crippen molar-refractivity contribution in [1.29, 1.82) is 5.26 Å². The van der Waals surface area contributed by atoms with Crippen molar-refractivity contribution >= 4 is 0 Å². The van der Waals surface area contributed by atoms with E-state index in [1.165, 1.54) is 0 Å². The fourth-order valence-electron chi connectivity index (χ4n) is 0.407. The quantitative estimate of drug-likeness (QED) is 0.535. The van der Waals surface area contributed by atoms with E-state index in [4.69, 9.17) is 10.00 Å². The molecule has 0 N–H and O–H groups in total. The van der Waals surface area contributed by atoms with Crippen molar-refractivity contribution in [2.75, 3.05) is 6.61 Å². The molecule has 0 fully saturated rings. The Labute approximate surface area is 56.4 Å². The van der Waals surface area contributed by atoms with Gasteiger partial charge >= 0.3 is 0 Å². The Balaban J connectivity index is 2.99. The van der Waals surface area contributed by atoms with Crippen LogP contribution in [0.25, 0.3) is 0 Å². The van der Waals surface area contributed by atoms with Crippen LogP contribution in [0.1, 0.15) is 19.8 Å². The van der Waals surface area contributed by atoms with E-state index in [9.17, 15) is 0 Å². The van der Waals surface area contributed by atoms with Gasteiger partial charge in [0.1, 0.15) is 6.10 Å². The largest absolute Gasteiger partial charge is 0.363 e. The van der Waals surface area contributed by atoms with Gasteiger partial charge in [-0.1, -0.05) is 13.3 Å². The van der Waals surface area contributed by atoms with E-state index in [1.54, 1.807) is 0 Å². The molecule has 9 heavy (non-hydrogen) atoms. The zero-order chi connectivity index (χ0) is 7.11. The van der Waals surface area contributed by atoms with Crippen molar-refractivity contribution in [2.24, 2.45) is 0 Å². The first-order valence-electron chi connectivity index (χ1n) is 3.15. The third-order valence-corrected chi connectivity index (χ3v) is 0.961. The van der Waals surface area contributed by atoms with E-state index in [0.29, 0.717) is 6.61 Å². The Kier molecular flexibility index (Phi) is 5.24. The average Bonchev–Trinajstić information content (AvgIpc) is 1.89. The Morgan fingerprint density at radius 2 is 2.44 bits per heavy atom. The number of hydrogen-bond donors (Lipinski definition) is 0. The van der Waals surface area contributed by atoms with Gasteiger partial charge in [0.2, 0.25) is 0 Å². The van der Waals surface area contributed by atoms with Gasteiger partial charge in [0.05, 0.1) is 6.07 Å². The second-order valence-electron chi connectivity index (χ2n) is 1.84. The molecule has 2 nitrogen and oxygen atoms in total. The van der Waals surface area contributed by atoms with Gasteiger partial charge in [-0.2, -0.15) is 5.26 Å². The normalized spacial score (nSPS) is 12.6. The van der Waals surface area contributed by atoms with E-state index in [0.717, 1.165) is 12.8 Å². The zero-order valence-electron chi connectivity index (χ0n) is 5.76. The standard InChI is InChI=1S/C7H12NO/c1-3-4-5-9-7(2)6-8/h7H,2-5H2,1H3. The lowest BCUT2D eigenvalue weighted by molar-refractivity contribution is 0.115. The summed E-state index contributed by atoms with van der Waals surface area (Å²) in [7, 11) is 0. The molecule has 0 aliphatic rings. The molecule has 0 saturated carbocycles. The molecule has 1 unspecified atom stereocenters. The molecule has 0 rings (SSSR count). The second-order valence-corrected chi connectivity index (χ2v) is 1.84. The molecule has 1 atom stereocenters. The first kappa shape index (κ1) is 8.45. The van der Waals surface area contributed by atoms with Gasteiger partial charge in [-0.15, -0.1) is 0 Å². The number of rotatable bonds is 4. The fourth-order valence-corrected chi connectivity index (χ4v) is 0.407. The number of unbranched alkanes of at least 4 members (excludes halogenated alkanes) is 1. The van der Waals surface area contributed by atoms with Crippen LogP contribution in [0.15, 0.2) is 0 Å². The van der Waals surface area contributed by atoms with E-state index >= 15 is 0 Å². The smallest absolute Gasteiger partial charge is 0.144 e. The maximum atomic E-state index is 8.20. The minimum Gasteiger partial charge on any atom is -0.363 e. The van der Waals surface area contributed by atoms with Gasteiger partial charge in [-0.3, -0.25) is 0 Å². The number of ether oxygens (including phenoxy) is 1. The van der Waals surface area contributed by atoms with Crippen molar-refractivity contribution in [1.82, 2.24) is 0 Å². The molecule has 0 aliphatic carbocycles. The van der Waals surface area contributed by atoms with E-state index in [-0.39, 0.29) is 0 Å². The molecule has 1 radical (unpaired) electrons. The van der Waals surface area contributed by atoms with Crippen molar-refractivity contribution in [3.8, 4) is 6.07 Å². The molecule has 0 bridgehead atoms. The molecule has 2 heteroatoms. The Hall–Kier alpha value is -0.550. The zero-order valence-corrected chi connectivity index (χ0v) is 5.76. The Morgan fingerprint density at radius 1 is 1.78 bits per heavy atom. The molecule has 51 valence electrons. The van der Waals surface area contributed by atoms with E-state index < -0.39 is 6.10 Å². The van der Waals surface area contributed by atoms with Crippen LogP contribution in [0.3, 0.4) is 0 Å². The van der Waals surface area contributed by atoms with Crippen LogP contribution in [-0.2, 0) is 4.74 Å². The molecule has 0 saturated heterocycles. The van der Waals surface area contributed by atoms with E-state index in [1.807, 2.05) is 6.07 Å². The number of hydrogen-bond acceptors (Lipinski definition) is 2. The van der Waals surface area contributed by atoms with Crippen molar-refractivity contribution < 1.29 is 4.74 Å². The van der Waals surface area contributed by atoms with Crippen LogP contribution in [0, 0.1) is 18.3 Å². The topological polar surface area (TPSA) is 33.0 Å². The first-order valence-corrected chi connectivity index (χ1v) is 3.15. The summed E-state index contributed by atoms with van der Waals surface area (Å²) in [5.74, 6) is 0.